The summed E-state index contributed by atoms with van der Waals surface area (Å²) in [7, 11) is 0. The number of aryl methyl sites for hydroxylation is 1. The number of aromatic nitrogens is 1. The van der Waals surface area contributed by atoms with Crippen molar-refractivity contribution in [2.24, 2.45) is 5.41 Å². The zero-order valence-electron chi connectivity index (χ0n) is 7.04. The van der Waals surface area contributed by atoms with Crippen LogP contribution < -0.4 is 0 Å². The Labute approximate surface area is 75.6 Å². The lowest BCUT2D eigenvalue weighted by Crippen LogP contribution is -2.06. The maximum Gasteiger partial charge on any atom is 0.126 e. The Bertz CT molecular complexity index is 301. The highest BCUT2D eigenvalue weighted by molar-refractivity contribution is 7.09. The highest BCUT2D eigenvalue weighted by atomic mass is 32.1. The van der Waals surface area contributed by atoms with Crippen LogP contribution in [0.4, 0.5) is 0 Å². The van der Waals surface area contributed by atoms with Gasteiger partial charge in [0.2, 0.25) is 0 Å². The Morgan fingerprint density at radius 2 is 2.50 bits per heavy atom. The molecule has 1 aromatic rings. The number of rotatable bonds is 3. The summed E-state index contributed by atoms with van der Waals surface area (Å²) in [5.41, 5.74) is 1.06. The van der Waals surface area contributed by atoms with E-state index in [0.717, 1.165) is 36.3 Å². The molecule has 1 aromatic heterocycles. The smallest absolute Gasteiger partial charge is 0.126 e. The van der Waals surface area contributed by atoms with Crippen LogP contribution in [0, 0.1) is 12.3 Å². The summed E-state index contributed by atoms with van der Waals surface area (Å²) < 4.78 is 0. The van der Waals surface area contributed by atoms with Gasteiger partial charge in [0.1, 0.15) is 6.29 Å². The van der Waals surface area contributed by atoms with E-state index in [1.54, 1.807) is 11.3 Å². The molecule has 0 spiro atoms. The molecule has 2 nitrogen and oxygen atoms in total. The van der Waals surface area contributed by atoms with Gasteiger partial charge in [-0.05, 0) is 19.8 Å². The Morgan fingerprint density at radius 3 is 2.92 bits per heavy atom. The molecule has 1 fully saturated rings. The molecule has 0 N–H and O–H groups in total. The molecular formula is C9H11NOS. The van der Waals surface area contributed by atoms with Crippen molar-refractivity contribution in [3.05, 3.63) is 16.1 Å². The van der Waals surface area contributed by atoms with E-state index < -0.39 is 0 Å². The SMILES string of the molecule is Cc1nc(CC2(C=O)CC2)cs1. The minimum atomic E-state index is -0.0273. The van der Waals surface area contributed by atoms with Crippen LogP contribution in [0.2, 0.25) is 0 Å². The minimum Gasteiger partial charge on any atom is -0.303 e. The Balaban J connectivity index is 2.08. The van der Waals surface area contributed by atoms with E-state index in [4.69, 9.17) is 0 Å². The van der Waals surface area contributed by atoms with E-state index in [9.17, 15) is 4.79 Å². The topological polar surface area (TPSA) is 30.0 Å². The third-order valence-corrected chi connectivity index (χ3v) is 3.16. The molecule has 0 bridgehead atoms. The van der Waals surface area contributed by atoms with Gasteiger partial charge in [-0.3, -0.25) is 0 Å². The number of thiazole rings is 1. The van der Waals surface area contributed by atoms with Gasteiger partial charge in [-0.2, -0.15) is 0 Å². The molecule has 0 unspecified atom stereocenters. The van der Waals surface area contributed by atoms with Crippen molar-refractivity contribution in [3.63, 3.8) is 0 Å². The van der Waals surface area contributed by atoms with Crippen LogP contribution in [0.15, 0.2) is 5.38 Å². The first-order valence-corrected chi connectivity index (χ1v) is 4.99. The molecule has 0 aliphatic heterocycles. The number of hydrogen-bond acceptors (Lipinski definition) is 3. The molecule has 1 heterocycles. The van der Waals surface area contributed by atoms with Crippen LogP contribution in [-0.2, 0) is 11.2 Å². The monoisotopic (exact) mass is 181 g/mol. The van der Waals surface area contributed by atoms with Gasteiger partial charge in [-0.25, -0.2) is 4.98 Å². The lowest BCUT2D eigenvalue weighted by molar-refractivity contribution is -0.112. The third kappa shape index (κ3) is 1.41. The summed E-state index contributed by atoms with van der Waals surface area (Å²) in [5.74, 6) is 0. The highest BCUT2D eigenvalue weighted by Gasteiger charge is 2.42. The molecule has 1 aliphatic rings. The molecule has 1 aliphatic carbocycles. The van der Waals surface area contributed by atoms with E-state index in [1.807, 2.05) is 6.92 Å². The molecule has 0 radical (unpaired) electrons. The number of carbonyl (C=O) groups excluding carboxylic acids is 1. The summed E-state index contributed by atoms with van der Waals surface area (Å²) in [5, 5.41) is 3.14. The van der Waals surface area contributed by atoms with Crippen molar-refractivity contribution in [2.75, 3.05) is 0 Å². The van der Waals surface area contributed by atoms with Gasteiger partial charge in [0.15, 0.2) is 0 Å². The van der Waals surface area contributed by atoms with E-state index in [0.29, 0.717) is 0 Å². The van der Waals surface area contributed by atoms with Gasteiger partial charge in [0.05, 0.1) is 10.7 Å². The van der Waals surface area contributed by atoms with Gasteiger partial charge in [0, 0.05) is 17.2 Å². The normalized spacial score (nSPS) is 19.1. The summed E-state index contributed by atoms with van der Waals surface area (Å²) in [6, 6.07) is 0. The van der Waals surface area contributed by atoms with Crippen LogP contribution in [0.3, 0.4) is 0 Å². The fraction of sp³-hybridized carbons (Fsp3) is 0.556. The van der Waals surface area contributed by atoms with Crippen molar-refractivity contribution in [3.8, 4) is 0 Å². The molecule has 0 atom stereocenters. The molecule has 0 saturated heterocycles. The summed E-state index contributed by atoms with van der Waals surface area (Å²) in [4.78, 5) is 15.0. The van der Waals surface area contributed by atoms with E-state index >= 15 is 0 Å². The van der Waals surface area contributed by atoms with Gasteiger partial charge in [-0.15, -0.1) is 11.3 Å². The Morgan fingerprint density at radius 1 is 1.75 bits per heavy atom. The standard InChI is InChI=1S/C9H11NOS/c1-7-10-8(5-12-7)4-9(6-11)2-3-9/h5-6H,2-4H2,1H3. The summed E-state index contributed by atoms with van der Waals surface area (Å²) in [6.45, 7) is 1.99. The minimum absolute atomic E-state index is 0.0273. The first-order chi connectivity index (χ1) is 5.74. The molecular weight excluding hydrogens is 170 g/mol. The largest absolute Gasteiger partial charge is 0.303 e. The van der Waals surface area contributed by atoms with E-state index in [-0.39, 0.29) is 5.41 Å². The molecule has 0 amide bonds. The molecule has 3 heteroatoms. The number of aldehydes is 1. The fourth-order valence-corrected chi connectivity index (χ4v) is 1.96. The zero-order valence-corrected chi connectivity index (χ0v) is 7.86. The van der Waals surface area contributed by atoms with Gasteiger partial charge in [-0.1, -0.05) is 0 Å². The Kier molecular flexibility index (Phi) is 1.76. The van der Waals surface area contributed by atoms with Gasteiger partial charge in [0.25, 0.3) is 0 Å². The maximum absolute atomic E-state index is 10.7. The quantitative estimate of drug-likeness (QED) is 0.667. The first-order valence-electron chi connectivity index (χ1n) is 4.11. The van der Waals surface area contributed by atoms with Crippen molar-refractivity contribution in [1.29, 1.82) is 0 Å². The second kappa shape index (κ2) is 2.66. The van der Waals surface area contributed by atoms with Crippen LogP contribution >= 0.6 is 11.3 Å². The van der Waals surface area contributed by atoms with Crippen LogP contribution in [-0.4, -0.2) is 11.3 Å². The second-order valence-electron chi connectivity index (χ2n) is 3.51. The maximum atomic E-state index is 10.7. The molecule has 1 saturated carbocycles. The van der Waals surface area contributed by atoms with Crippen molar-refractivity contribution >= 4 is 17.6 Å². The highest BCUT2D eigenvalue weighted by Crippen LogP contribution is 2.46. The van der Waals surface area contributed by atoms with Crippen LogP contribution in [0.25, 0.3) is 0 Å². The predicted octanol–water partition coefficient (Wildman–Crippen LogP) is 1.97. The Hall–Kier alpha value is -0.700. The molecule has 64 valence electrons. The molecule has 0 aromatic carbocycles. The lowest BCUT2D eigenvalue weighted by atomic mass is 10.0. The molecule has 2 rings (SSSR count). The van der Waals surface area contributed by atoms with Gasteiger partial charge < -0.3 is 4.79 Å². The van der Waals surface area contributed by atoms with Crippen LogP contribution in [0.1, 0.15) is 23.5 Å². The zero-order chi connectivity index (χ0) is 8.60. The summed E-state index contributed by atoms with van der Waals surface area (Å²) in [6.07, 6.45) is 4.04. The van der Waals surface area contributed by atoms with E-state index in [2.05, 4.69) is 10.4 Å². The van der Waals surface area contributed by atoms with Crippen LogP contribution in [0.5, 0.6) is 0 Å². The average molecular weight is 181 g/mol. The van der Waals surface area contributed by atoms with Crippen molar-refractivity contribution in [2.45, 2.75) is 26.2 Å². The van der Waals surface area contributed by atoms with E-state index in [1.165, 1.54) is 0 Å². The van der Waals surface area contributed by atoms with Crippen molar-refractivity contribution < 1.29 is 4.79 Å². The molecule has 12 heavy (non-hydrogen) atoms. The lowest BCUT2D eigenvalue weighted by Gasteiger charge is -2.01. The third-order valence-electron chi connectivity index (χ3n) is 2.34. The first kappa shape index (κ1) is 7.92. The predicted molar refractivity (Wildman–Crippen MR) is 48.3 cm³/mol. The van der Waals surface area contributed by atoms with Gasteiger partial charge >= 0.3 is 0 Å². The number of hydrogen-bond donors (Lipinski definition) is 0. The number of nitrogens with zero attached hydrogens (tertiary/aromatic N) is 1. The van der Waals surface area contributed by atoms with Crippen molar-refractivity contribution in [1.82, 2.24) is 4.98 Å². The fourth-order valence-electron chi connectivity index (χ4n) is 1.35. The summed E-state index contributed by atoms with van der Waals surface area (Å²) >= 11 is 1.66. The second-order valence-corrected chi connectivity index (χ2v) is 4.58. The number of carbonyl (C=O) groups is 1. The average Bonchev–Trinajstić information content (AvgIpc) is 2.71.